The third-order valence-electron chi connectivity index (χ3n) is 2.20. The van der Waals surface area contributed by atoms with Crippen LogP contribution in [-0.4, -0.2) is 19.0 Å². The maximum Gasteiger partial charge on any atom is 0.416 e. The highest BCUT2D eigenvalue weighted by Gasteiger charge is 2.30. The zero-order valence-corrected chi connectivity index (χ0v) is 9.92. The summed E-state index contributed by atoms with van der Waals surface area (Å²) in [4.78, 5) is 11.3. The summed E-state index contributed by atoms with van der Waals surface area (Å²) < 4.78 is 37.3. The predicted molar refractivity (Wildman–Crippen MR) is 63.2 cm³/mol. The van der Waals surface area contributed by atoms with E-state index in [1.165, 1.54) is 12.1 Å². The maximum atomic E-state index is 12.4. The monoisotopic (exact) mass is 271 g/mol. The van der Waals surface area contributed by atoms with E-state index in [1.807, 2.05) is 6.07 Å². The molecule has 0 saturated carbocycles. The van der Waals surface area contributed by atoms with Crippen molar-refractivity contribution in [1.29, 1.82) is 5.26 Å². The Morgan fingerprint density at radius 2 is 2.11 bits per heavy atom. The molecule has 2 N–H and O–H groups in total. The minimum Gasteiger partial charge on any atom is -0.376 e. The number of anilines is 1. The highest BCUT2D eigenvalue weighted by Crippen LogP contribution is 2.30. The number of carbonyl (C=O) groups excluding carboxylic acids is 1. The van der Waals surface area contributed by atoms with Crippen LogP contribution in [0.2, 0.25) is 0 Å². The lowest BCUT2D eigenvalue weighted by molar-refractivity contribution is -0.137. The van der Waals surface area contributed by atoms with Crippen LogP contribution in [0.1, 0.15) is 12.0 Å². The van der Waals surface area contributed by atoms with Gasteiger partial charge < -0.3 is 10.6 Å². The summed E-state index contributed by atoms with van der Waals surface area (Å²) in [6, 6.07) is 6.46. The molecule has 0 aliphatic carbocycles. The van der Waals surface area contributed by atoms with Crippen molar-refractivity contribution in [2.75, 3.05) is 18.4 Å². The fraction of sp³-hybridized carbons (Fsp3) is 0.333. The molecule has 0 heterocycles. The molecule has 1 amide bonds. The van der Waals surface area contributed by atoms with Crippen molar-refractivity contribution in [3.63, 3.8) is 0 Å². The molecule has 0 aliphatic heterocycles. The first kappa shape index (κ1) is 14.8. The number of alkyl halides is 3. The number of amides is 1. The number of hydrogen-bond acceptors (Lipinski definition) is 3. The van der Waals surface area contributed by atoms with Gasteiger partial charge in [0, 0.05) is 12.2 Å². The lowest BCUT2D eigenvalue weighted by atomic mass is 10.2. The van der Waals surface area contributed by atoms with Gasteiger partial charge in [-0.05, 0) is 18.2 Å². The third kappa shape index (κ3) is 5.29. The van der Waals surface area contributed by atoms with Gasteiger partial charge >= 0.3 is 6.18 Å². The second kappa shape index (κ2) is 6.64. The Morgan fingerprint density at radius 3 is 2.74 bits per heavy atom. The van der Waals surface area contributed by atoms with Crippen LogP contribution in [-0.2, 0) is 11.0 Å². The lowest BCUT2D eigenvalue weighted by Crippen LogP contribution is -2.30. The standard InChI is InChI=1S/C12H12F3N3O/c13-12(14,15)9-3-1-4-10(7-9)18-8-11(19)17-6-2-5-16/h1,3-4,7,18H,2,6,8H2,(H,17,19). The first-order valence-electron chi connectivity index (χ1n) is 5.48. The van der Waals surface area contributed by atoms with E-state index in [-0.39, 0.29) is 31.1 Å². The summed E-state index contributed by atoms with van der Waals surface area (Å²) in [6.45, 7) is 0.0757. The summed E-state index contributed by atoms with van der Waals surface area (Å²) in [7, 11) is 0. The molecule has 0 saturated heterocycles. The largest absolute Gasteiger partial charge is 0.416 e. The normalized spacial score (nSPS) is 10.6. The Morgan fingerprint density at radius 1 is 1.37 bits per heavy atom. The zero-order chi connectivity index (χ0) is 14.3. The van der Waals surface area contributed by atoms with Crippen molar-refractivity contribution in [2.24, 2.45) is 0 Å². The molecule has 1 aromatic carbocycles. The molecule has 0 radical (unpaired) electrons. The average molecular weight is 271 g/mol. The maximum absolute atomic E-state index is 12.4. The minimum atomic E-state index is -4.41. The van der Waals surface area contributed by atoms with Gasteiger partial charge in [-0.15, -0.1) is 0 Å². The highest BCUT2D eigenvalue weighted by molar-refractivity contribution is 5.80. The molecule has 0 aliphatic rings. The molecule has 102 valence electrons. The van der Waals surface area contributed by atoms with Crippen LogP contribution in [0, 0.1) is 11.3 Å². The molecule has 0 unspecified atom stereocenters. The van der Waals surface area contributed by atoms with E-state index >= 15 is 0 Å². The highest BCUT2D eigenvalue weighted by atomic mass is 19.4. The van der Waals surface area contributed by atoms with Gasteiger partial charge in [-0.1, -0.05) is 6.07 Å². The molecule has 1 aromatic rings. The van der Waals surface area contributed by atoms with Crippen LogP contribution in [0.5, 0.6) is 0 Å². The molecule has 19 heavy (non-hydrogen) atoms. The smallest absolute Gasteiger partial charge is 0.376 e. The minimum absolute atomic E-state index is 0.146. The summed E-state index contributed by atoms with van der Waals surface area (Å²) in [5.41, 5.74) is -0.562. The molecular formula is C12H12F3N3O. The fourth-order valence-electron chi connectivity index (χ4n) is 1.31. The number of nitrogens with zero attached hydrogens (tertiary/aromatic N) is 1. The van der Waals surface area contributed by atoms with Crippen molar-refractivity contribution in [1.82, 2.24) is 5.32 Å². The summed E-state index contributed by atoms with van der Waals surface area (Å²) in [5, 5.41) is 13.3. The van der Waals surface area contributed by atoms with Crippen LogP contribution >= 0.6 is 0 Å². The number of carbonyl (C=O) groups is 1. The Bertz CT molecular complexity index is 480. The zero-order valence-electron chi connectivity index (χ0n) is 9.92. The molecule has 0 bridgehead atoms. The van der Waals surface area contributed by atoms with Crippen molar-refractivity contribution < 1.29 is 18.0 Å². The van der Waals surface area contributed by atoms with Crippen LogP contribution in [0.4, 0.5) is 18.9 Å². The van der Waals surface area contributed by atoms with Crippen LogP contribution in [0.25, 0.3) is 0 Å². The van der Waals surface area contributed by atoms with Gasteiger partial charge in [0.05, 0.1) is 24.6 Å². The van der Waals surface area contributed by atoms with Gasteiger partial charge in [-0.3, -0.25) is 4.79 Å². The van der Waals surface area contributed by atoms with E-state index < -0.39 is 11.7 Å². The van der Waals surface area contributed by atoms with E-state index in [0.717, 1.165) is 12.1 Å². The molecule has 4 nitrogen and oxygen atoms in total. The van der Waals surface area contributed by atoms with Gasteiger partial charge in [-0.2, -0.15) is 18.4 Å². The van der Waals surface area contributed by atoms with E-state index in [9.17, 15) is 18.0 Å². The van der Waals surface area contributed by atoms with Crippen LogP contribution in [0.15, 0.2) is 24.3 Å². The van der Waals surface area contributed by atoms with Crippen molar-refractivity contribution in [3.05, 3.63) is 29.8 Å². The van der Waals surface area contributed by atoms with E-state index in [1.54, 1.807) is 0 Å². The number of halogens is 3. The molecular weight excluding hydrogens is 259 g/mol. The van der Waals surface area contributed by atoms with Gasteiger partial charge in [0.15, 0.2) is 0 Å². The molecule has 7 heteroatoms. The Kier molecular flexibility index (Phi) is 5.18. The summed E-state index contributed by atoms with van der Waals surface area (Å²) in [5.74, 6) is -0.382. The van der Waals surface area contributed by atoms with Crippen molar-refractivity contribution >= 4 is 11.6 Å². The van der Waals surface area contributed by atoms with Crippen molar-refractivity contribution in [3.8, 4) is 6.07 Å². The van der Waals surface area contributed by atoms with E-state index in [0.29, 0.717) is 0 Å². The third-order valence-corrected chi connectivity index (χ3v) is 2.20. The lowest BCUT2D eigenvalue weighted by Gasteiger charge is -2.10. The molecule has 0 fully saturated rings. The molecule has 1 rings (SSSR count). The summed E-state index contributed by atoms with van der Waals surface area (Å²) in [6.07, 6.45) is -4.22. The van der Waals surface area contributed by atoms with Crippen LogP contribution in [0.3, 0.4) is 0 Å². The molecule has 0 aromatic heterocycles. The van der Waals surface area contributed by atoms with Crippen molar-refractivity contribution in [2.45, 2.75) is 12.6 Å². The fourth-order valence-corrected chi connectivity index (χ4v) is 1.31. The number of benzene rings is 1. The second-order valence-corrected chi connectivity index (χ2v) is 3.69. The number of hydrogen-bond donors (Lipinski definition) is 2. The topological polar surface area (TPSA) is 64.9 Å². The van der Waals surface area contributed by atoms with E-state index in [2.05, 4.69) is 10.6 Å². The molecule has 0 atom stereocenters. The Hall–Kier alpha value is -2.23. The van der Waals surface area contributed by atoms with Gasteiger partial charge in [-0.25, -0.2) is 0 Å². The Balaban J connectivity index is 2.50. The van der Waals surface area contributed by atoms with E-state index in [4.69, 9.17) is 5.26 Å². The first-order valence-corrected chi connectivity index (χ1v) is 5.48. The average Bonchev–Trinajstić information content (AvgIpc) is 2.36. The van der Waals surface area contributed by atoms with Gasteiger partial charge in [0.1, 0.15) is 0 Å². The van der Waals surface area contributed by atoms with Gasteiger partial charge in [0.25, 0.3) is 0 Å². The predicted octanol–water partition coefficient (Wildman–Crippen LogP) is 2.15. The summed E-state index contributed by atoms with van der Waals surface area (Å²) >= 11 is 0. The SMILES string of the molecule is N#CCCNC(=O)CNc1cccc(C(F)(F)F)c1. The number of nitrogens with one attached hydrogen (secondary N) is 2. The second-order valence-electron chi connectivity index (χ2n) is 3.69. The molecule has 0 spiro atoms. The number of rotatable bonds is 5. The van der Waals surface area contributed by atoms with Crippen LogP contribution < -0.4 is 10.6 Å². The quantitative estimate of drug-likeness (QED) is 0.806. The first-order chi connectivity index (χ1) is 8.93. The van der Waals surface area contributed by atoms with Gasteiger partial charge in [0.2, 0.25) is 5.91 Å². The Labute approximate surface area is 108 Å². The number of nitriles is 1.